The van der Waals surface area contributed by atoms with Gasteiger partial charge in [-0.25, -0.2) is 9.07 Å². The Hall–Kier alpha value is -2.76. The molecule has 0 aliphatic carbocycles. The van der Waals surface area contributed by atoms with Crippen molar-refractivity contribution in [3.8, 4) is 17.1 Å². The second-order valence-corrected chi connectivity index (χ2v) is 4.84. The van der Waals surface area contributed by atoms with Crippen molar-refractivity contribution in [1.29, 1.82) is 0 Å². The molecule has 0 N–H and O–H groups in total. The molecule has 1 aliphatic rings. The normalized spacial score (nSPS) is 16.5. The minimum absolute atomic E-state index is 0.267. The van der Waals surface area contributed by atoms with Crippen LogP contribution in [0, 0.1) is 5.82 Å². The van der Waals surface area contributed by atoms with E-state index in [1.165, 1.54) is 12.1 Å². The van der Waals surface area contributed by atoms with Gasteiger partial charge in [0.25, 0.3) is 0 Å². The van der Waals surface area contributed by atoms with E-state index in [2.05, 4.69) is 15.5 Å². The van der Waals surface area contributed by atoms with Crippen LogP contribution in [0.1, 0.15) is 11.7 Å². The summed E-state index contributed by atoms with van der Waals surface area (Å²) in [6.45, 7) is 0.475. The number of fused-ring (bicyclic) bond motifs is 3. The van der Waals surface area contributed by atoms with E-state index < -0.39 is 0 Å². The Kier molecular flexibility index (Phi) is 2.67. The number of hydrogen-bond acceptors (Lipinski definition) is 4. The smallest absolute Gasteiger partial charge is 0.185 e. The van der Waals surface area contributed by atoms with Crippen LogP contribution in [-0.4, -0.2) is 20.2 Å². The van der Waals surface area contributed by atoms with Gasteiger partial charge in [-0.3, -0.25) is 0 Å². The van der Waals surface area contributed by atoms with E-state index in [0.717, 1.165) is 5.56 Å². The first-order chi connectivity index (χ1) is 10.3. The van der Waals surface area contributed by atoms with E-state index in [1.807, 2.05) is 30.3 Å². The van der Waals surface area contributed by atoms with Gasteiger partial charge in [-0.15, -0.1) is 5.10 Å². The van der Waals surface area contributed by atoms with Crippen molar-refractivity contribution in [2.75, 3.05) is 0 Å². The average molecular weight is 282 g/mol. The van der Waals surface area contributed by atoms with Gasteiger partial charge >= 0.3 is 0 Å². The highest BCUT2D eigenvalue weighted by Gasteiger charge is 2.25. The number of aromatic nitrogens is 4. The van der Waals surface area contributed by atoms with E-state index in [4.69, 9.17) is 4.74 Å². The molecule has 0 fully saturated rings. The van der Waals surface area contributed by atoms with Gasteiger partial charge in [-0.05, 0) is 28.1 Å². The van der Waals surface area contributed by atoms with Crippen LogP contribution in [0.2, 0.25) is 0 Å². The highest BCUT2D eigenvalue weighted by atomic mass is 19.1. The maximum atomic E-state index is 13.5. The maximum absolute atomic E-state index is 13.5. The minimum Gasteiger partial charge on any atom is -0.483 e. The second kappa shape index (κ2) is 4.66. The third-order valence-corrected chi connectivity index (χ3v) is 3.50. The Morgan fingerprint density at radius 2 is 2.00 bits per heavy atom. The fraction of sp³-hybridized carbons (Fsp3) is 0.133. The number of halogens is 1. The monoisotopic (exact) mass is 282 g/mol. The zero-order valence-corrected chi connectivity index (χ0v) is 11.0. The summed E-state index contributed by atoms with van der Waals surface area (Å²) in [5, 5.41) is 11.7. The Morgan fingerprint density at radius 3 is 2.86 bits per heavy atom. The van der Waals surface area contributed by atoms with E-state index in [-0.39, 0.29) is 11.9 Å². The van der Waals surface area contributed by atoms with Crippen molar-refractivity contribution in [1.82, 2.24) is 20.2 Å². The Bertz CT molecular complexity index is 787. The largest absolute Gasteiger partial charge is 0.483 e. The van der Waals surface area contributed by atoms with Gasteiger partial charge in [0.1, 0.15) is 17.7 Å². The van der Waals surface area contributed by atoms with Crippen LogP contribution in [0.3, 0.4) is 0 Å². The molecule has 0 spiro atoms. The molecule has 0 saturated carbocycles. The third-order valence-electron chi connectivity index (χ3n) is 3.50. The van der Waals surface area contributed by atoms with E-state index >= 15 is 0 Å². The molecule has 1 unspecified atom stereocenters. The van der Waals surface area contributed by atoms with Gasteiger partial charge in [-0.1, -0.05) is 30.3 Å². The third kappa shape index (κ3) is 2.05. The molecule has 0 saturated heterocycles. The van der Waals surface area contributed by atoms with Crippen LogP contribution in [0.25, 0.3) is 11.4 Å². The van der Waals surface area contributed by atoms with Crippen molar-refractivity contribution >= 4 is 0 Å². The lowest BCUT2D eigenvalue weighted by Crippen LogP contribution is -2.14. The van der Waals surface area contributed by atoms with E-state index in [9.17, 15) is 4.39 Å². The fourth-order valence-electron chi connectivity index (χ4n) is 2.49. The standard InChI is InChI=1S/C15H11FN4O/c16-11-6-7-12-13(8-11)21-14(10-4-2-1-3-5-10)9-20-15(12)17-18-19-20/h1-8,14H,9H2. The summed E-state index contributed by atoms with van der Waals surface area (Å²) in [7, 11) is 0. The van der Waals surface area contributed by atoms with Crippen LogP contribution in [0.15, 0.2) is 48.5 Å². The molecular formula is C15H11FN4O. The Labute approximate surface area is 120 Å². The predicted octanol–water partition coefficient (Wildman–Crippen LogP) is 2.61. The maximum Gasteiger partial charge on any atom is 0.185 e. The summed E-state index contributed by atoms with van der Waals surface area (Å²) in [5.74, 6) is 0.697. The molecule has 2 aromatic carbocycles. The zero-order valence-electron chi connectivity index (χ0n) is 11.0. The number of hydrogen-bond donors (Lipinski definition) is 0. The molecule has 3 aromatic rings. The molecule has 21 heavy (non-hydrogen) atoms. The molecule has 0 amide bonds. The minimum atomic E-state index is -0.346. The summed E-state index contributed by atoms with van der Waals surface area (Å²) in [4.78, 5) is 0. The summed E-state index contributed by atoms with van der Waals surface area (Å²) in [6.07, 6.45) is -0.267. The molecule has 1 atom stereocenters. The van der Waals surface area contributed by atoms with E-state index in [1.54, 1.807) is 10.7 Å². The molecule has 6 heteroatoms. The van der Waals surface area contributed by atoms with Gasteiger partial charge in [0.2, 0.25) is 0 Å². The van der Waals surface area contributed by atoms with Gasteiger partial charge in [0, 0.05) is 6.07 Å². The molecule has 0 radical (unpaired) electrons. The van der Waals surface area contributed by atoms with Crippen molar-refractivity contribution in [2.24, 2.45) is 0 Å². The summed E-state index contributed by atoms with van der Waals surface area (Å²) in [5.41, 5.74) is 1.69. The molecule has 2 heterocycles. The van der Waals surface area contributed by atoms with Gasteiger partial charge in [-0.2, -0.15) is 0 Å². The molecule has 4 rings (SSSR count). The summed E-state index contributed by atoms with van der Waals surface area (Å²) in [6, 6.07) is 14.2. The SMILES string of the molecule is Fc1ccc2c(c1)OC(c1ccccc1)Cn1nnnc1-2. The van der Waals surface area contributed by atoms with Gasteiger partial charge in [0.15, 0.2) is 5.82 Å². The quantitative estimate of drug-likeness (QED) is 0.688. The highest BCUT2D eigenvalue weighted by molar-refractivity contribution is 5.64. The fourth-order valence-corrected chi connectivity index (χ4v) is 2.49. The van der Waals surface area contributed by atoms with Crippen molar-refractivity contribution in [3.05, 3.63) is 59.9 Å². The molecule has 104 valence electrons. The van der Waals surface area contributed by atoms with Crippen LogP contribution >= 0.6 is 0 Å². The topological polar surface area (TPSA) is 52.8 Å². The van der Waals surface area contributed by atoms with Gasteiger partial charge < -0.3 is 4.74 Å². The van der Waals surface area contributed by atoms with Gasteiger partial charge in [0.05, 0.1) is 12.1 Å². The van der Waals surface area contributed by atoms with Crippen molar-refractivity contribution in [2.45, 2.75) is 12.6 Å². The lowest BCUT2D eigenvalue weighted by atomic mass is 10.1. The lowest BCUT2D eigenvalue weighted by Gasteiger charge is -2.17. The summed E-state index contributed by atoms with van der Waals surface area (Å²) >= 11 is 0. The Morgan fingerprint density at radius 1 is 1.14 bits per heavy atom. The molecule has 5 nitrogen and oxygen atoms in total. The highest BCUT2D eigenvalue weighted by Crippen LogP contribution is 2.36. The lowest BCUT2D eigenvalue weighted by molar-refractivity contribution is 0.183. The number of benzene rings is 2. The molecular weight excluding hydrogens is 271 g/mol. The molecule has 1 aromatic heterocycles. The number of tetrazole rings is 1. The summed E-state index contributed by atoms with van der Waals surface area (Å²) < 4.78 is 21.2. The number of ether oxygens (including phenoxy) is 1. The first kappa shape index (κ1) is 12.0. The zero-order chi connectivity index (χ0) is 14.2. The second-order valence-electron chi connectivity index (χ2n) is 4.84. The average Bonchev–Trinajstić information content (AvgIpc) is 2.90. The van der Waals surface area contributed by atoms with Crippen LogP contribution in [0.5, 0.6) is 5.75 Å². The van der Waals surface area contributed by atoms with E-state index in [0.29, 0.717) is 23.7 Å². The first-order valence-electron chi connectivity index (χ1n) is 6.59. The van der Waals surface area contributed by atoms with Crippen LogP contribution in [-0.2, 0) is 6.54 Å². The van der Waals surface area contributed by atoms with Crippen LogP contribution in [0.4, 0.5) is 4.39 Å². The molecule has 1 aliphatic heterocycles. The Balaban J connectivity index is 1.86. The molecule has 0 bridgehead atoms. The number of nitrogens with zero attached hydrogens (tertiary/aromatic N) is 4. The number of rotatable bonds is 1. The predicted molar refractivity (Wildman–Crippen MR) is 73.0 cm³/mol. The van der Waals surface area contributed by atoms with Crippen molar-refractivity contribution in [3.63, 3.8) is 0 Å². The first-order valence-corrected chi connectivity index (χ1v) is 6.59. The van der Waals surface area contributed by atoms with Crippen LogP contribution < -0.4 is 4.74 Å². The van der Waals surface area contributed by atoms with Crippen molar-refractivity contribution < 1.29 is 9.13 Å².